The lowest BCUT2D eigenvalue weighted by atomic mass is 10.3. The van der Waals surface area contributed by atoms with Crippen molar-refractivity contribution in [3.05, 3.63) is 41.3 Å². The van der Waals surface area contributed by atoms with E-state index in [9.17, 15) is 0 Å². The molecule has 0 aliphatic rings. The van der Waals surface area contributed by atoms with Crippen LogP contribution in [-0.4, -0.2) is 25.0 Å². The average molecular weight is 276 g/mol. The Morgan fingerprint density at radius 2 is 2.00 bits per heavy atom. The molecule has 0 aliphatic carbocycles. The third-order valence-electron chi connectivity index (χ3n) is 2.19. The van der Waals surface area contributed by atoms with Gasteiger partial charge in [0.05, 0.1) is 5.52 Å². The molecule has 0 unspecified atom stereocenters. The van der Waals surface area contributed by atoms with E-state index in [4.69, 9.17) is 0 Å². The molecule has 78 valence electrons. The molecule has 6 heteroatoms. The standard InChI is InChI=1S/C10H6BrN5/c11-9-5-10(13-6-12-9)16-8-4-2-1-3-7(8)14-15-16/h1-6H. The van der Waals surface area contributed by atoms with Crippen LogP contribution in [0.15, 0.2) is 41.3 Å². The largest absolute Gasteiger partial charge is 0.229 e. The molecule has 16 heavy (non-hydrogen) atoms. The van der Waals surface area contributed by atoms with Gasteiger partial charge in [-0.05, 0) is 28.1 Å². The van der Waals surface area contributed by atoms with Gasteiger partial charge in [-0.3, -0.25) is 0 Å². The van der Waals surface area contributed by atoms with Gasteiger partial charge in [0.2, 0.25) is 0 Å². The lowest BCUT2D eigenvalue weighted by Crippen LogP contribution is -2.00. The predicted octanol–water partition coefficient (Wildman–Crippen LogP) is 1.97. The Hall–Kier alpha value is -1.82. The highest BCUT2D eigenvalue weighted by Gasteiger charge is 2.06. The van der Waals surface area contributed by atoms with Crippen molar-refractivity contribution in [2.75, 3.05) is 0 Å². The van der Waals surface area contributed by atoms with Crippen molar-refractivity contribution in [3.63, 3.8) is 0 Å². The second kappa shape index (κ2) is 3.64. The van der Waals surface area contributed by atoms with Crippen LogP contribution in [-0.2, 0) is 0 Å². The molecule has 2 heterocycles. The summed E-state index contributed by atoms with van der Waals surface area (Å²) in [5.41, 5.74) is 1.77. The van der Waals surface area contributed by atoms with E-state index >= 15 is 0 Å². The van der Waals surface area contributed by atoms with E-state index in [1.807, 2.05) is 24.3 Å². The maximum absolute atomic E-state index is 4.15. The van der Waals surface area contributed by atoms with E-state index < -0.39 is 0 Å². The van der Waals surface area contributed by atoms with Gasteiger partial charge in [-0.15, -0.1) is 5.10 Å². The highest BCUT2D eigenvalue weighted by Crippen LogP contribution is 2.15. The Morgan fingerprint density at radius 3 is 2.88 bits per heavy atom. The number of aromatic nitrogens is 5. The van der Waals surface area contributed by atoms with E-state index in [0.29, 0.717) is 5.82 Å². The SMILES string of the molecule is Brc1cc(-n2nnc3ccccc32)ncn1. The maximum Gasteiger partial charge on any atom is 0.160 e. The first-order chi connectivity index (χ1) is 7.84. The van der Waals surface area contributed by atoms with Gasteiger partial charge in [-0.2, -0.15) is 4.68 Å². The van der Waals surface area contributed by atoms with Crippen LogP contribution < -0.4 is 0 Å². The molecule has 3 aromatic rings. The summed E-state index contributed by atoms with van der Waals surface area (Å²) in [6.07, 6.45) is 1.48. The van der Waals surface area contributed by atoms with Crippen LogP contribution in [0.4, 0.5) is 0 Å². The van der Waals surface area contributed by atoms with Gasteiger partial charge in [-0.1, -0.05) is 17.3 Å². The van der Waals surface area contributed by atoms with Gasteiger partial charge >= 0.3 is 0 Å². The van der Waals surface area contributed by atoms with E-state index in [1.54, 1.807) is 10.7 Å². The Labute approximate surface area is 99.3 Å². The van der Waals surface area contributed by atoms with Crippen molar-refractivity contribution in [2.24, 2.45) is 0 Å². The van der Waals surface area contributed by atoms with Crippen LogP contribution in [0.25, 0.3) is 16.9 Å². The molecule has 0 fully saturated rings. The molecular formula is C10H6BrN5. The van der Waals surface area contributed by atoms with Crippen LogP contribution in [0.2, 0.25) is 0 Å². The van der Waals surface area contributed by atoms with Crippen molar-refractivity contribution in [1.82, 2.24) is 25.0 Å². The Balaban J connectivity index is 2.26. The van der Waals surface area contributed by atoms with E-state index in [0.717, 1.165) is 15.6 Å². The second-order valence-corrected chi connectivity index (χ2v) is 4.00. The van der Waals surface area contributed by atoms with Gasteiger partial charge in [0.1, 0.15) is 16.4 Å². The molecule has 0 saturated heterocycles. The predicted molar refractivity (Wildman–Crippen MR) is 62.2 cm³/mol. The molecular weight excluding hydrogens is 270 g/mol. The van der Waals surface area contributed by atoms with Gasteiger partial charge in [-0.25, -0.2) is 9.97 Å². The third-order valence-corrected chi connectivity index (χ3v) is 2.62. The molecule has 1 aromatic carbocycles. The van der Waals surface area contributed by atoms with E-state index in [2.05, 4.69) is 36.2 Å². The minimum Gasteiger partial charge on any atom is -0.229 e. The molecule has 5 nitrogen and oxygen atoms in total. The first-order valence-corrected chi connectivity index (χ1v) is 5.42. The van der Waals surface area contributed by atoms with Crippen LogP contribution in [0.5, 0.6) is 0 Å². The topological polar surface area (TPSA) is 56.5 Å². The lowest BCUT2D eigenvalue weighted by molar-refractivity contribution is 0.795. The van der Waals surface area contributed by atoms with Gasteiger partial charge in [0, 0.05) is 6.07 Å². The monoisotopic (exact) mass is 275 g/mol. The minimum atomic E-state index is 0.690. The van der Waals surface area contributed by atoms with Crippen molar-refractivity contribution in [3.8, 4) is 5.82 Å². The summed E-state index contributed by atoms with van der Waals surface area (Å²) in [6, 6.07) is 9.53. The van der Waals surface area contributed by atoms with Crippen molar-refractivity contribution >= 4 is 27.0 Å². The maximum atomic E-state index is 4.15. The smallest absolute Gasteiger partial charge is 0.160 e. The van der Waals surface area contributed by atoms with Crippen LogP contribution in [0.3, 0.4) is 0 Å². The van der Waals surface area contributed by atoms with Gasteiger partial charge in [0.25, 0.3) is 0 Å². The molecule has 0 N–H and O–H groups in total. The molecule has 0 aliphatic heterocycles. The second-order valence-electron chi connectivity index (χ2n) is 3.19. The number of hydrogen-bond donors (Lipinski definition) is 0. The van der Waals surface area contributed by atoms with Gasteiger partial charge in [0.15, 0.2) is 5.82 Å². The number of benzene rings is 1. The normalized spacial score (nSPS) is 10.8. The zero-order valence-electron chi connectivity index (χ0n) is 8.08. The zero-order chi connectivity index (χ0) is 11.0. The summed E-state index contributed by atoms with van der Waals surface area (Å²) >= 11 is 3.30. The van der Waals surface area contributed by atoms with Crippen LogP contribution >= 0.6 is 15.9 Å². The fourth-order valence-corrected chi connectivity index (χ4v) is 1.77. The molecule has 0 radical (unpaired) electrons. The van der Waals surface area contributed by atoms with E-state index in [-0.39, 0.29) is 0 Å². The molecule has 0 spiro atoms. The summed E-state index contributed by atoms with van der Waals surface area (Å²) < 4.78 is 2.40. The van der Waals surface area contributed by atoms with Crippen molar-refractivity contribution in [1.29, 1.82) is 0 Å². The van der Waals surface area contributed by atoms with E-state index in [1.165, 1.54) is 6.33 Å². The molecule has 2 aromatic heterocycles. The summed E-state index contributed by atoms with van der Waals surface area (Å²) in [5.74, 6) is 0.690. The van der Waals surface area contributed by atoms with Gasteiger partial charge < -0.3 is 0 Å². The number of para-hydroxylation sites is 1. The van der Waals surface area contributed by atoms with Crippen molar-refractivity contribution < 1.29 is 0 Å². The Morgan fingerprint density at radius 1 is 1.12 bits per heavy atom. The summed E-state index contributed by atoms with van der Waals surface area (Å²) in [5, 5.41) is 8.12. The minimum absolute atomic E-state index is 0.690. The highest BCUT2D eigenvalue weighted by molar-refractivity contribution is 9.10. The first-order valence-electron chi connectivity index (χ1n) is 4.63. The summed E-state index contributed by atoms with van der Waals surface area (Å²) in [4.78, 5) is 8.13. The Bertz CT molecular complexity index is 648. The summed E-state index contributed by atoms with van der Waals surface area (Å²) in [7, 11) is 0. The van der Waals surface area contributed by atoms with Crippen LogP contribution in [0, 0.1) is 0 Å². The highest BCUT2D eigenvalue weighted by atomic mass is 79.9. The zero-order valence-corrected chi connectivity index (χ0v) is 9.66. The fraction of sp³-hybridized carbons (Fsp3) is 0. The van der Waals surface area contributed by atoms with Crippen LogP contribution in [0.1, 0.15) is 0 Å². The Kier molecular flexibility index (Phi) is 2.14. The average Bonchev–Trinajstić information content (AvgIpc) is 2.72. The number of rotatable bonds is 1. The number of hydrogen-bond acceptors (Lipinski definition) is 4. The molecule has 0 atom stereocenters. The third kappa shape index (κ3) is 1.47. The number of fused-ring (bicyclic) bond motifs is 1. The quantitative estimate of drug-likeness (QED) is 0.638. The molecule has 0 amide bonds. The molecule has 0 bridgehead atoms. The van der Waals surface area contributed by atoms with Crippen molar-refractivity contribution in [2.45, 2.75) is 0 Å². The lowest BCUT2D eigenvalue weighted by Gasteiger charge is -2.00. The summed E-state index contributed by atoms with van der Waals surface area (Å²) in [6.45, 7) is 0. The number of halogens is 1. The number of nitrogens with zero attached hydrogens (tertiary/aromatic N) is 5. The molecule has 3 rings (SSSR count). The fourth-order valence-electron chi connectivity index (χ4n) is 1.48. The first kappa shape index (κ1) is 9.41. The molecule has 0 saturated carbocycles.